The highest BCUT2D eigenvalue weighted by atomic mass is 35.5. The van der Waals surface area contributed by atoms with Gasteiger partial charge in [0.2, 0.25) is 5.75 Å². The Hall–Kier alpha value is -2.47. The molecule has 0 spiro atoms. The van der Waals surface area contributed by atoms with Gasteiger partial charge in [-0.05, 0) is 36.8 Å². The second-order valence-corrected chi connectivity index (χ2v) is 5.65. The largest absolute Gasteiger partial charge is 0.493 e. The number of benzene rings is 2. The molecule has 0 radical (unpaired) electrons. The van der Waals surface area contributed by atoms with E-state index in [0.717, 1.165) is 0 Å². The van der Waals surface area contributed by atoms with Crippen molar-refractivity contribution in [3.05, 3.63) is 52.3 Å². The van der Waals surface area contributed by atoms with Crippen LogP contribution in [0.25, 0.3) is 0 Å². The van der Waals surface area contributed by atoms with E-state index < -0.39 is 11.9 Å². The van der Waals surface area contributed by atoms with Crippen molar-refractivity contribution in [2.75, 3.05) is 21.3 Å². The molecular weight excluding hydrogens is 349 g/mol. The van der Waals surface area contributed by atoms with Gasteiger partial charge in [0.25, 0.3) is 5.91 Å². The molecule has 5 nitrogen and oxygen atoms in total. The Kier molecular flexibility index (Phi) is 6.09. The van der Waals surface area contributed by atoms with Gasteiger partial charge in [-0.25, -0.2) is 4.39 Å². The zero-order valence-corrected chi connectivity index (χ0v) is 15.1. The standard InChI is InChI=1S/C18H19ClFNO4/c1-10(12-6-5-11(20)9-14(12)19)21-18(22)13-7-8-15(23-2)17(25-4)16(13)24-3/h5-10H,1-4H3,(H,21,22). The fourth-order valence-electron chi connectivity index (χ4n) is 2.48. The Morgan fingerprint density at radius 1 is 1.08 bits per heavy atom. The van der Waals surface area contributed by atoms with Crippen molar-refractivity contribution < 1.29 is 23.4 Å². The third-order valence-corrected chi connectivity index (χ3v) is 4.05. The van der Waals surface area contributed by atoms with Crippen molar-refractivity contribution in [2.45, 2.75) is 13.0 Å². The summed E-state index contributed by atoms with van der Waals surface area (Å²) in [7, 11) is 4.40. The molecule has 0 saturated heterocycles. The lowest BCUT2D eigenvalue weighted by Crippen LogP contribution is -2.27. The maximum atomic E-state index is 13.2. The van der Waals surface area contributed by atoms with Crippen LogP contribution in [0, 0.1) is 5.82 Å². The van der Waals surface area contributed by atoms with Crippen LogP contribution in [0.3, 0.4) is 0 Å². The van der Waals surface area contributed by atoms with Gasteiger partial charge in [0.1, 0.15) is 5.82 Å². The first-order valence-corrected chi connectivity index (χ1v) is 7.85. The fraction of sp³-hybridized carbons (Fsp3) is 0.278. The van der Waals surface area contributed by atoms with Gasteiger partial charge in [-0.3, -0.25) is 4.79 Å². The van der Waals surface area contributed by atoms with Crippen molar-refractivity contribution in [2.24, 2.45) is 0 Å². The molecular formula is C18H19ClFNO4. The third-order valence-electron chi connectivity index (χ3n) is 3.73. The van der Waals surface area contributed by atoms with Crippen LogP contribution in [-0.4, -0.2) is 27.2 Å². The molecule has 134 valence electrons. The first kappa shape index (κ1) is 18.9. The molecule has 7 heteroatoms. The van der Waals surface area contributed by atoms with Crippen LogP contribution < -0.4 is 19.5 Å². The van der Waals surface area contributed by atoms with Crippen molar-refractivity contribution in [3.63, 3.8) is 0 Å². The van der Waals surface area contributed by atoms with E-state index in [1.54, 1.807) is 19.1 Å². The highest BCUT2D eigenvalue weighted by Crippen LogP contribution is 2.39. The summed E-state index contributed by atoms with van der Waals surface area (Å²) in [6.07, 6.45) is 0. The third kappa shape index (κ3) is 3.96. The zero-order chi connectivity index (χ0) is 18.6. The molecule has 2 aromatic rings. The number of carbonyl (C=O) groups excluding carboxylic acids is 1. The van der Waals surface area contributed by atoms with Gasteiger partial charge >= 0.3 is 0 Å². The number of amides is 1. The van der Waals surface area contributed by atoms with Crippen molar-refractivity contribution in [1.82, 2.24) is 5.32 Å². The molecule has 2 rings (SSSR count). The molecule has 0 bridgehead atoms. The monoisotopic (exact) mass is 367 g/mol. The lowest BCUT2D eigenvalue weighted by molar-refractivity contribution is 0.0936. The van der Waals surface area contributed by atoms with Crippen LogP contribution in [0.2, 0.25) is 5.02 Å². The van der Waals surface area contributed by atoms with Crippen LogP contribution in [0.4, 0.5) is 4.39 Å². The maximum absolute atomic E-state index is 13.2. The lowest BCUT2D eigenvalue weighted by Gasteiger charge is -2.19. The zero-order valence-electron chi connectivity index (χ0n) is 14.4. The molecule has 0 aliphatic heterocycles. The molecule has 0 saturated carbocycles. The lowest BCUT2D eigenvalue weighted by atomic mass is 10.1. The molecule has 0 aromatic heterocycles. The van der Waals surface area contributed by atoms with Gasteiger partial charge in [0, 0.05) is 5.02 Å². The smallest absolute Gasteiger partial charge is 0.255 e. The van der Waals surface area contributed by atoms with Crippen LogP contribution in [0.15, 0.2) is 30.3 Å². The number of halogens is 2. The topological polar surface area (TPSA) is 56.8 Å². The first-order chi connectivity index (χ1) is 11.9. The summed E-state index contributed by atoms with van der Waals surface area (Å²) in [4.78, 5) is 12.6. The molecule has 1 atom stereocenters. The highest BCUT2D eigenvalue weighted by Gasteiger charge is 2.22. The molecule has 1 N–H and O–H groups in total. The molecule has 0 fully saturated rings. The second-order valence-electron chi connectivity index (χ2n) is 5.24. The minimum Gasteiger partial charge on any atom is -0.493 e. The minimum atomic E-state index is -0.436. The van der Waals surface area contributed by atoms with Gasteiger partial charge < -0.3 is 19.5 Å². The summed E-state index contributed by atoms with van der Waals surface area (Å²) in [5, 5.41) is 3.06. The van der Waals surface area contributed by atoms with Crippen LogP contribution in [0.5, 0.6) is 17.2 Å². The van der Waals surface area contributed by atoms with E-state index in [2.05, 4.69) is 5.32 Å². The SMILES string of the molecule is COc1ccc(C(=O)NC(C)c2ccc(F)cc2Cl)c(OC)c1OC. The van der Waals surface area contributed by atoms with Crippen LogP contribution in [0.1, 0.15) is 28.9 Å². The summed E-state index contributed by atoms with van der Waals surface area (Å²) in [5.74, 6) is 0.215. The van der Waals surface area contributed by atoms with E-state index >= 15 is 0 Å². The van der Waals surface area contributed by atoms with E-state index in [9.17, 15) is 9.18 Å². The Balaban J connectivity index is 2.31. The predicted molar refractivity (Wildman–Crippen MR) is 93.4 cm³/mol. The van der Waals surface area contributed by atoms with E-state index in [1.165, 1.54) is 39.5 Å². The normalized spacial score (nSPS) is 11.6. The summed E-state index contributed by atoms with van der Waals surface area (Å²) >= 11 is 6.05. The number of hydrogen-bond acceptors (Lipinski definition) is 4. The highest BCUT2D eigenvalue weighted by molar-refractivity contribution is 6.31. The van der Waals surface area contributed by atoms with Gasteiger partial charge in [-0.15, -0.1) is 0 Å². The molecule has 1 amide bonds. The molecule has 0 heterocycles. The molecule has 0 aliphatic carbocycles. The van der Waals surface area contributed by atoms with Gasteiger partial charge in [0.15, 0.2) is 11.5 Å². The quantitative estimate of drug-likeness (QED) is 0.838. The van der Waals surface area contributed by atoms with Gasteiger partial charge in [-0.1, -0.05) is 17.7 Å². The summed E-state index contributed by atoms with van der Waals surface area (Å²) in [6.45, 7) is 1.75. The van der Waals surface area contributed by atoms with Crippen LogP contribution in [-0.2, 0) is 0 Å². The fourth-order valence-corrected chi connectivity index (χ4v) is 2.82. The summed E-state index contributed by atoms with van der Waals surface area (Å²) in [5.41, 5.74) is 0.890. The second kappa shape index (κ2) is 8.07. The maximum Gasteiger partial charge on any atom is 0.255 e. The Bertz CT molecular complexity index is 782. The number of ether oxygens (including phenoxy) is 3. The molecule has 0 aliphatic rings. The number of methoxy groups -OCH3 is 3. The van der Waals surface area contributed by atoms with Gasteiger partial charge in [-0.2, -0.15) is 0 Å². The Morgan fingerprint density at radius 2 is 1.76 bits per heavy atom. The minimum absolute atomic E-state index is 0.243. The molecule has 25 heavy (non-hydrogen) atoms. The van der Waals surface area contributed by atoms with Crippen molar-refractivity contribution in [3.8, 4) is 17.2 Å². The van der Waals surface area contributed by atoms with E-state index in [-0.39, 0.29) is 22.2 Å². The Labute approximate surface area is 150 Å². The van der Waals surface area contributed by atoms with E-state index in [4.69, 9.17) is 25.8 Å². The molecule has 1 unspecified atom stereocenters. The van der Waals surface area contributed by atoms with Gasteiger partial charge in [0.05, 0.1) is 32.9 Å². The number of rotatable bonds is 6. The summed E-state index contributed by atoms with van der Waals surface area (Å²) < 4.78 is 29.0. The predicted octanol–water partition coefficient (Wildman–Crippen LogP) is 4.00. The number of nitrogens with one attached hydrogen (secondary N) is 1. The molecule has 2 aromatic carbocycles. The van der Waals surface area contributed by atoms with E-state index in [1.807, 2.05) is 0 Å². The number of hydrogen-bond donors (Lipinski definition) is 1. The Morgan fingerprint density at radius 3 is 2.32 bits per heavy atom. The van der Waals surface area contributed by atoms with Crippen molar-refractivity contribution in [1.29, 1.82) is 0 Å². The summed E-state index contributed by atoms with van der Waals surface area (Å²) in [6, 6.07) is 6.80. The first-order valence-electron chi connectivity index (χ1n) is 7.47. The average molecular weight is 368 g/mol. The number of carbonyl (C=O) groups is 1. The average Bonchev–Trinajstić information content (AvgIpc) is 2.59. The van der Waals surface area contributed by atoms with Crippen molar-refractivity contribution >= 4 is 17.5 Å². The van der Waals surface area contributed by atoms with E-state index in [0.29, 0.717) is 17.1 Å². The van der Waals surface area contributed by atoms with Crippen LogP contribution >= 0.6 is 11.6 Å².